The topological polar surface area (TPSA) is 75.9 Å². The summed E-state index contributed by atoms with van der Waals surface area (Å²) in [4.78, 5) is 23.8. The molecule has 1 amide bonds. The monoisotopic (exact) mass is 458 g/mol. The normalized spacial score (nSPS) is 13.6. The number of thioether (sulfide) groups is 1. The van der Waals surface area contributed by atoms with E-state index >= 15 is 0 Å². The highest BCUT2D eigenvalue weighted by Gasteiger charge is 2.15. The lowest BCUT2D eigenvalue weighted by molar-refractivity contribution is -0.113. The van der Waals surface area contributed by atoms with Crippen LogP contribution in [-0.2, 0) is 4.79 Å². The van der Waals surface area contributed by atoms with Crippen molar-refractivity contribution in [3.63, 3.8) is 0 Å². The molecule has 168 valence electrons. The fraction of sp³-hybridized carbons (Fsp3) is 0.280. The summed E-state index contributed by atoms with van der Waals surface area (Å²) in [6.45, 7) is 6.38. The van der Waals surface area contributed by atoms with Crippen molar-refractivity contribution in [1.82, 2.24) is 19.7 Å². The van der Waals surface area contributed by atoms with E-state index in [4.69, 9.17) is 0 Å². The van der Waals surface area contributed by atoms with E-state index in [1.807, 2.05) is 22.9 Å². The number of benzene rings is 2. The molecule has 0 saturated carbocycles. The molecule has 2 aromatic heterocycles. The summed E-state index contributed by atoms with van der Waals surface area (Å²) in [5.41, 5.74) is 6.14. The second kappa shape index (κ2) is 9.23. The van der Waals surface area contributed by atoms with Crippen LogP contribution in [0.5, 0.6) is 0 Å². The predicted octanol–water partition coefficient (Wildman–Crippen LogP) is 4.76. The van der Waals surface area contributed by atoms with E-state index in [0.29, 0.717) is 0 Å². The van der Waals surface area contributed by atoms with E-state index in [2.05, 4.69) is 63.4 Å². The third kappa shape index (κ3) is 4.57. The molecule has 1 aliphatic rings. The van der Waals surface area contributed by atoms with Crippen LogP contribution in [0, 0.1) is 13.8 Å². The first-order valence-electron chi connectivity index (χ1n) is 11.1. The lowest BCUT2D eigenvalue weighted by Crippen LogP contribution is -2.18. The van der Waals surface area contributed by atoms with Gasteiger partial charge < -0.3 is 10.2 Å². The molecule has 0 aliphatic carbocycles. The fourth-order valence-corrected chi connectivity index (χ4v) is 4.81. The molecule has 5 rings (SSSR count). The molecule has 0 bridgehead atoms. The highest BCUT2D eigenvalue weighted by Crippen LogP contribution is 2.27. The minimum Gasteiger partial charge on any atom is -0.372 e. The second-order valence-corrected chi connectivity index (χ2v) is 9.28. The van der Waals surface area contributed by atoms with Crippen molar-refractivity contribution >= 4 is 40.1 Å². The van der Waals surface area contributed by atoms with E-state index in [0.717, 1.165) is 40.5 Å². The van der Waals surface area contributed by atoms with Crippen molar-refractivity contribution in [2.75, 3.05) is 29.1 Å². The highest BCUT2D eigenvalue weighted by molar-refractivity contribution is 8.00. The van der Waals surface area contributed by atoms with Crippen LogP contribution in [0.1, 0.15) is 24.0 Å². The molecule has 0 radical (unpaired) electrons. The van der Waals surface area contributed by atoms with E-state index in [-0.39, 0.29) is 11.7 Å². The lowest BCUT2D eigenvalue weighted by Gasteiger charge is -2.17. The Labute approximate surface area is 197 Å². The van der Waals surface area contributed by atoms with Gasteiger partial charge in [0, 0.05) is 24.5 Å². The number of fused-ring (bicyclic) bond motifs is 1. The summed E-state index contributed by atoms with van der Waals surface area (Å²) in [7, 11) is 0. The lowest BCUT2D eigenvalue weighted by atomic mass is 10.1. The Morgan fingerprint density at radius 1 is 1.00 bits per heavy atom. The van der Waals surface area contributed by atoms with Gasteiger partial charge in [-0.05, 0) is 74.2 Å². The number of anilines is 2. The van der Waals surface area contributed by atoms with Crippen molar-refractivity contribution in [2.24, 2.45) is 0 Å². The Hall–Kier alpha value is -3.39. The zero-order chi connectivity index (χ0) is 22.8. The third-order valence-electron chi connectivity index (χ3n) is 6.03. The Morgan fingerprint density at radius 2 is 1.76 bits per heavy atom. The number of aryl methyl sites for hydroxylation is 2. The number of aromatic nitrogens is 4. The van der Waals surface area contributed by atoms with E-state index < -0.39 is 0 Å². The number of carbonyl (C=O) groups is 1. The molecule has 0 atom stereocenters. The largest absolute Gasteiger partial charge is 0.372 e. The van der Waals surface area contributed by atoms with Crippen LogP contribution in [-0.4, -0.2) is 44.5 Å². The molecule has 1 aliphatic heterocycles. The van der Waals surface area contributed by atoms with Crippen molar-refractivity contribution < 1.29 is 4.79 Å². The quantitative estimate of drug-likeness (QED) is 0.332. The van der Waals surface area contributed by atoms with Gasteiger partial charge >= 0.3 is 0 Å². The fourth-order valence-electron chi connectivity index (χ4n) is 4.05. The van der Waals surface area contributed by atoms with Crippen LogP contribution in [0.4, 0.5) is 11.4 Å². The van der Waals surface area contributed by atoms with Gasteiger partial charge in [-0.2, -0.15) is 5.10 Å². The smallest absolute Gasteiger partial charge is 0.234 e. The minimum absolute atomic E-state index is 0.0674. The molecule has 8 heteroatoms. The van der Waals surface area contributed by atoms with Crippen molar-refractivity contribution in [2.45, 2.75) is 31.7 Å². The number of nitrogens with one attached hydrogen (secondary N) is 1. The van der Waals surface area contributed by atoms with Crippen LogP contribution in [0.25, 0.3) is 16.7 Å². The number of carbonyl (C=O) groups excluding carboxylic acids is 1. The zero-order valence-electron chi connectivity index (χ0n) is 18.8. The van der Waals surface area contributed by atoms with Gasteiger partial charge in [0.05, 0.1) is 23.0 Å². The maximum Gasteiger partial charge on any atom is 0.234 e. The maximum absolute atomic E-state index is 12.6. The Bertz CT molecular complexity index is 1290. The highest BCUT2D eigenvalue weighted by atomic mass is 32.2. The molecule has 4 aromatic rings. The average molecular weight is 459 g/mol. The van der Waals surface area contributed by atoms with Gasteiger partial charge in [-0.15, -0.1) is 0 Å². The van der Waals surface area contributed by atoms with Gasteiger partial charge in [0.1, 0.15) is 11.4 Å². The van der Waals surface area contributed by atoms with Crippen LogP contribution in [0.3, 0.4) is 0 Å². The number of nitrogens with zero attached hydrogens (tertiary/aromatic N) is 5. The van der Waals surface area contributed by atoms with Gasteiger partial charge in [0.2, 0.25) is 5.91 Å². The Morgan fingerprint density at radius 3 is 2.52 bits per heavy atom. The van der Waals surface area contributed by atoms with Crippen LogP contribution in [0.15, 0.2) is 60.0 Å². The Balaban J connectivity index is 1.26. The summed E-state index contributed by atoms with van der Waals surface area (Å²) < 4.78 is 1.81. The summed E-state index contributed by atoms with van der Waals surface area (Å²) in [5.74, 6) is 0.191. The van der Waals surface area contributed by atoms with Crippen molar-refractivity contribution in [3.8, 4) is 5.69 Å². The molecule has 1 fully saturated rings. The van der Waals surface area contributed by atoms with Crippen LogP contribution >= 0.6 is 11.8 Å². The van der Waals surface area contributed by atoms with E-state index in [1.165, 1.54) is 47.7 Å². The second-order valence-electron chi connectivity index (χ2n) is 8.32. The third-order valence-corrected chi connectivity index (χ3v) is 7.03. The van der Waals surface area contributed by atoms with Gasteiger partial charge in [-0.25, -0.2) is 14.6 Å². The van der Waals surface area contributed by atoms with Gasteiger partial charge in [0.15, 0.2) is 5.65 Å². The van der Waals surface area contributed by atoms with Crippen LogP contribution in [0.2, 0.25) is 0 Å². The zero-order valence-corrected chi connectivity index (χ0v) is 19.6. The van der Waals surface area contributed by atoms with E-state index in [9.17, 15) is 4.79 Å². The standard InChI is InChI=1S/C25H26N6OS/c1-17-5-8-21(13-18(17)2)31-24-22(14-28-31)25(27-16-26-24)33-15-23(32)29-19-6-9-20(10-7-19)30-11-3-4-12-30/h5-10,13-14,16H,3-4,11-12,15H2,1-2H3,(H,29,32). The molecule has 0 unspecified atom stereocenters. The first-order chi connectivity index (χ1) is 16.1. The molecule has 2 aromatic carbocycles. The summed E-state index contributed by atoms with van der Waals surface area (Å²) in [6, 6.07) is 14.3. The molecule has 1 N–H and O–H groups in total. The first kappa shape index (κ1) is 21.5. The number of hydrogen-bond acceptors (Lipinski definition) is 6. The molecule has 0 spiro atoms. The van der Waals surface area contributed by atoms with Gasteiger partial charge in [0.25, 0.3) is 0 Å². The maximum atomic E-state index is 12.6. The summed E-state index contributed by atoms with van der Waals surface area (Å²) in [5, 5.41) is 9.09. The molecular weight excluding hydrogens is 432 g/mol. The number of amides is 1. The average Bonchev–Trinajstić information content (AvgIpc) is 3.51. The SMILES string of the molecule is Cc1ccc(-n2ncc3c(SCC(=O)Nc4ccc(N5CCCC5)cc4)ncnc32)cc1C. The summed E-state index contributed by atoms with van der Waals surface area (Å²) in [6.07, 6.45) is 5.78. The Kier molecular flexibility index (Phi) is 6.00. The molecule has 7 nitrogen and oxygen atoms in total. The molecule has 33 heavy (non-hydrogen) atoms. The number of hydrogen-bond donors (Lipinski definition) is 1. The predicted molar refractivity (Wildman–Crippen MR) is 133 cm³/mol. The van der Waals surface area contributed by atoms with Gasteiger partial charge in [-0.1, -0.05) is 17.8 Å². The van der Waals surface area contributed by atoms with Crippen LogP contribution < -0.4 is 10.2 Å². The molecule has 3 heterocycles. The first-order valence-corrected chi connectivity index (χ1v) is 12.1. The summed E-state index contributed by atoms with van der Waals surface area (Å²) >= 11 is 1.39. The number of rotatable bonds is 6. The van der Waals surface area contributed by atoms with Crippen molar-refractivity contribution in [1.29, 1.82) is 0 Å². The molecular formula is C25H26N6OS. The minimum atomic E-state index is -0.0674. The van der Waals surface area contributed by atoms with E-state index in [1.54, 1.807) is 6.20 Å². The molecule has 1 saturated heterocycles. The van der Waals surface area contributed by atoms with Crippen molar-refractivity contribution in [3.05, 3.63) is 66.1 Å². The van der Waals surface area contributed by atoms with Gasteiger partial charge in [-0.3, -0.25) is 4.79 Å².